The Hall–Kier alpha value is -2.33. The molecule has 0 unspecified atom stereocenters. The molecule has 0 spiro atoms. The average Bonchev–Trinajstić information content (AvgIpc) is 3.24. The number of carbonyl (C=O) groups is 1. The van der Waals surface area contributed by atoms with Gasteiger partial charge in [-0.1, -0.05) is 42.5 Å². The summed E-state index contributed by atoms with van der Waals surface area (Å²) in [6.07, 6.45) is 13.3. The maximum absolute atomic E-state index is 13.3. The quantitative estimate of drug-likeness (QED) is 0.567. The lowest BCUT2D eigenvalue weighted by molar-refractivity contribution is 0.0574. The normalized spacial score (nSPS) is 21.2. The maximum Gasteiger partial charge on any atom is 0.257 e. The van der Waals surface area contributed by atoms with E-state index in [4.69, 9.17) is 4.42 Å². The van der Waals surface area contributed by atoms with Crippen molar-refractivity contribution in [2.75, 3.05) is 26.7 Å². The van der Waals surface area contributed by atoms with Crippen molar-refractivity contribution in [3.63, 3.8) is 0 Å². The number of likely N-dealkylation sites (N-methyl/N-ethyl adjacent to an activating group) is 1. The Morgan fingerprint density at radius 1 is 1.13 bits per heavy atom. The highest BCUT2D eigenvalue weighted by atomic mass is 16.3. The molecule has 1 amide bonds. The van der Waals surface area contributed by atoms with E-state index in [1.54, 1.807) is 12.3 Å². The first-order valence-electron chi connectivity index (χ1n) is 11.8. The molecular weight excluding hydrogens is 384 g/mol. The fourth-order valence-electron chi connectivity index (χ4n) is 5.33. The lowest BCUT2D eigenvalue weighted by atomic mass is 9.84. The van der Waals surface area contributed by atoms with Gasteiger partial charge in [0.15, 0.2) is 0 Å². The Bertz CT molecular complexity index is 864. The first-order valence-corrected chi connectivity index (χ1v) is 11.8. The van der Waals surface area contributed by atoms with E-state index in [1.807, 2.05) is 18.9 Å². The molecule has 31 heavy (non-hydrogen) atoms. The van der Waals surface area contributed by atoms with Crippen molar-refractivity contribution in [2.45, 2.75) is 51.5 Å². The minimum absolute atomic E-state index is 0.0728. The number of piperidine rings is 1. The van der Waals surface area contributed by atoms with Crippen LogP contribution < -0.4 is 0 Å². The number of hydrogen-bond donors (Lipinski definition) is 0. The summed E-state index contributed by atoms with van der Waals surface area (Å²) in [5.41, 5.74) is 1.98. The molecule has 2 atom stereocenters. The number of rotatable bonds is 7. The Labute approximate surface area is 186 Å². The zero-order valence-electron chi connectivity index (χ0n) is 19.0. The van der Waals surface area contributed by atoms with E-state index in [0.717, 1.165) is 38.3 Å². The van der Waals surface area contributed by atoms with E-state index in [1.165, 1.54) is 31.4 Å². The second-order valence-electron chi connectivity index (χ2n) is 9.35. The lowest BCUT2D eigenvalue weighted by Gasteiger charge is -2.41. The molecule has 4 rings (SSSR count). The smallest absolute Gasteiger partial charge is 0.257 e. The minimum atomic E-state index is 0.0728. The Morgan fingerprint density at radius 2 is 1.90 bits per heavy atom. The largest absolute Gasteiger partial charge is 0.469 e. The van der Waals surface area contributed by atoms with Crippen LogP contribution in [0.15, 0.2) is 59.2 Å². The molecule has 4 nitrogen and oxygen atoms in total. The molecule has 1 aromatic heterocycles. The van der Waals surface area contributed by atoms with Crippen molar-refractivity contribution in [1.29, 1.82) is 0 Å². The lowest BCUT2D eigenvalue weighted by Crippen LogP contribution is -2.48. The molecule has 0 saturated carbocycles. The van der Waals surface area contributed by atoms with Crippen LogP contribution in [0, 0.1) is 18.8 Å². The second-order valence-corrected chi connectivity index (χ2v) is 9.35. The molecular formula is C27H36N2O2. The van der Waals surface area contributed by atoms with Crippen LogP contribution >= 0.6 is 0 Å². The number of furan rings is 1. The van der Waals surface area contributed by atoms with Gasteiger partial charge in [0.25, 0.3) is 5.91 Å². The molecule has 0 bridgehead atoms. The third kappa shape index (κ3) is 5.48. The van der Waals surface area contributed by atoms with Crippen LogP contribution in [0.5, 0.6) is 0 Å². The van der Waals surface area contributed by atoms with E-state index in [-0.39, 0.29) is 11.9 Å². The fourth-order valence-corrected chi connectivity index (χ4v) is 5.33. The van der Waals surface area contributed by atoms with E-state index in [9.17, 15) is 4.79 Å². The number of allylic oxidation sites excluding steroid dienone is 2. The first-order chi connectivity index (χ1) is 15.1. The number of nitrogens with zero attached hydrogens (tertiary/aromatic N) is 2. The molecule has 0 radical (unpaired) electrons. The van der Waals surface area contributed by atoms with Gasteiger partial charge in [0.1, 0.15) is 5.76 Å². The molecule has 1 aliphatic carbocycles. The van der Waals surface area contributed by atoms with Gasteiger partial charge in [-0.3, -0.25) is 4.79 Å². The summed E-state index contributed by atoms with van der Waals surface area (Å²) in [4.78, 5) is 17.9. The predicted molar refractivity (Wildman–Crippen MR) is 125 cm³/mol. The number of aryl methyl sites for hydroxylation is 1. The first kappa shape index (κ1) is 21.9. The summed E-state index contributed by atoms with van der Waals surface area (Å²) < 4.78 is 5.41. The zero-order valence-corrected chi connectivity index (χ0v) is 19.0. The van der Waals surface area contributed by atoms with Gasteiger partial charge in [-0.2, -0.15) is 0 Å². The number of likely N-dealkylation sites (tertiary alicyclic amines) is 1. The van der Waals surface area contributed by atoms with Gasteiger partial charge in [0.05, 0.1) is 11.8 Å². The summed E-state index contributed by atoms with van der Waals surface area (Å²) in [5.74, 6) is 2.11. The number of amides is 1. The third-order valence-electron chi connectivity index (χ3n) is 7.27. The molecule has 4 heteroatoms. The Kier molecular flexibility index (Phi) is 7.29. The molecule has 2 aliphatic rings. The van der Waals surface area contributed by atoms with Gasteiger partial charge in [-0.05, 0) is 82.0 Å². The monoisotopic (exact) mass is 420 g/mol. The second kappa shape index (κ2) is 10.3. The predicted octanol–water partition coefficient (Wildman–Crippen LogP) is 5.34. The molecule has 166 valence electrons. The van der Waals surface area contributed by atoms with Crippen LogP contribution in [0.4, 0.5) is 0 Å². The minimum Gasteiger partial charge on any atom is -0.469 e. The number of benzene rings is 1. The van der Waals surface area contributed by atoms with E-state index in [0.29, 0.717) is 17.2 Å². The maximum atomic E-state index is 13.3. The van der Waals surface area contributed by atoms with Crippen LogP contribution in [0.1, 0.15) is 53.8 Å². The summed E-state index contributed by atoms with van der Waals surface area (Å²) in [6.45, 7) is 5.38. The van der Waals surface area contributed by atoms with Crippen molar-refractivity contribution < 1.29 is 9.21 Å². The van der Waals surface area contributed by atoms with Crippen molar-refractivity contribution in [1.82, 2.24) is 9.80 Å². The van der Waals surface area contributed by atoms with E-state index in [2.05, 4.69) is 47.4 Å². The van der Waals surface area contributed by atoms with Gasteiger partial charge >= 0.3 is 0 Å². The molecule has 0 N–H and O–H groups in total. The van der Waals surface area contributed by atoms with Gasteiger partial charge in [-0.15, -0.1) is 0 Å². The van der Waals surface area contributed by atoms with Crippen molar-refractivity contribution in [3.05, 3.63) is 71.7 Å². The highest BCUT2D eigenvalue weighted by Crippen LogP contribution is 2.29. The van der Waals surface area contributed by atoms with Crippen molar-refractivity contribution in [3.8, 4) is 0 Å². The van der Waals surface area contributed by atoms with Gasteiger partial charge in [0.2, 0.25) is 0 Å². The SMILES string of the molecule is Cc1occc1C(=O)N(C)[C@H](Cc1ccccc1)C1CCN(C[C@H]2CC=CCC2)CC1. The molecule has 1 fully saturated rings. The molecule has 1 saturated heterocycles. The summed E-state index contributed by atoms with van der Waals surface area (Å²) in [5, 5.41) is 0. The van der Waals surface area contributed by atoms with E-state index < -0.39 is 0 Å². The van der Waals surface area contributed by atoms with Gasteiger partial charge < -0.3 is 14.2 Å². The molecule has 2 aromatic rings. The Morgan fingerprint density at radius 3 is 2.55 bits per heavy atom. The highest BCUT2D eigenvalue weighted by molar-refractivity contribution is 5.95. The molecule has 2 heterocycles. The third-order valence-corrected chi connectivity index (χ3v) is 7.27. The van der Waals surface area contributed by atoms with Crippen LogP contribution in [0.3, 0.4) is 0 Å². The number of carbonyl (C=O) groups excluding carboxylic acids is 1. The van der Waals surface area contributed by atoms with Gasteiger partial charge in [0, 0.05) is 19.6 Å². The Balaban J connectivity index is 1.43. The fraction of sp³-hybridized carbons (Fsp3) is 0.519. The topological polar surface area (TPSA) is 36.7 Å². The molecule has 1 aromatic carbocycles. The number of hydrogen-bond acceptors (Lipinski definition) is 3. The van der Waals surface area contributed by atoms with Crippen LogP contribution in [0.2, 0.25) is 0 Å². The summed E-state index contributed by atoms with van der Waals surface area (Å²) in [6, 6.07) is 12.6. The van der Waals surface area contributed by atoms with Gasteiger partial charge in [-0.25, -0.2) is 0 Å². The molecule has 1 aliphatic heterocycles. The average molecular weight is 421 g/mol. The highest BCUT2D eigenvalue weighted by Gasteiger charge is 2.33. The summed E-state index contributed by atoms with van der Waals surface area (Å²) in [7, 11) is 1.98. The zero-order chi connectivity index (χ0) is 21.6. The van der Waals surface area contributed by atoms with Crippen LogP contribution in [0.25, 0.3) is 0 Å². The standard InChI is InChI=1S/C27H36N2O2/c1-21-25(15-18-31-21)27(30)28(2)26(19-22-9-5-3-6-10-22)24-13-16-29(17-14-24)20-23-11-7-4-8-12-23/h3-7,9-10,15,18,23-24,26H,8,11-14,16-17,19-20H2,1-2H3/t23-,26+/m0/s1. The van der Waals surface area contributed by atoms with Crippen LogP contribution in [-0.2, 0) is 6.42 Å². The van der Waals surface area contributed by atoms with Crippen molar-refractivity contribution >= 4 is 5.91 Å². The van der Waals surface area contributed by atoms with Crippen LogP contribution in [-0.4, -0.2) is 48.4 Å². The van der Waals surface area contributed by atoms with E-state index >= 15 is 0 Å². The summed E-state index contributed by atoms with van der Waals surface area (Å²) >= 11 is 0. The van der Waals surface area contributed by atoms with Crippen molar-refractivity contribution in [2.24, 2.45) is 11.8 Å².